The second-order valence-corrected chi connectivity index (χ2v) is 4.88. The normalized spacial score (nSPS) is 12.0. The van der Waals surface area contributed by atoms with Crippen molar-refractivity contribution in [2.24, 2.45) is 0 Å². The molecule has 2 rings (SSSR count). The summed E-state index contributed by atoms with van der Waals surface area (Å²) in [6, 6.07) is 6.06. The van der Waals surface area contributed by atoms with Crippen LogP contribution in [0.25, 0.3) is 0 Å². The fourth-order valence-corrected chi connectivity index (χ4v) is 2.35. The van der Waals surface area contributed by atoms with E-state index in [0.29, 0.717) is 11.3 Å². The Morgan fingerprint density at radius 3 is 2.81 bits per heavy atom. The van der Waals surface area contributed by atoms with Gasteiger partial charge >= 0.3 is 0 Å². The highest BCUT2D eigenvalue weighted by atomic mass is 35.5. The SMILES string of the molecule is C=CCOc1c(C(Cl)c2ncccc2C)ccc(F)c1F. The molecule has 2 nitrogen and oxygen atoms in total. The molecule has 0 aliphatic heterocycles. The van der Waals surface area contributed by atoms with Crippen LogP contribution in [-0.4, -0.2) is 11.6 Å². The van der Waals surface area contributed by atoms with E-state index in [9.17, 15) is 8.78 Å². The maximum atomic E-state index is 13.9. The lowest BCUT2D eigenvalue weighted by molar-refractivity contribution is 0.328. The first-order valence-electron chi connectivity index (χ1n) is 6.33. The van der Waals surface area contributed by atoms with Crippen LogP contribution in [-0.2, 0) is 0 Å². The number of hydrogen-bond donors (Lipinski definition) is 0. The van der Waals surface area contributed by atoms with E-state index in [0.717, 1.165) is 11.6 Å². The zero-order valence-electron chi connectivity index (χ0n) is 11.4. The van der Waals surface area contributed by atoms with Gasteiger partial charge in [0.25, 0.3) is 0 Å². The minimum atomic E-state index is -1.06. The van der Waals surface area contributed by atoms with E-state index in [1.165, 1.54) is 12.1 Å². The maximum Gasteiger partial charge on any atom is 0.200 e. The number of nitrogens with zero attached hydrogens (tertiary/aromatic N) is 1. The Morgan fingerprint density at radius 2 is 2.14 bits per heavy atom. The van der Waals surface area contributed by atoms with Crippen molar-refractivity contribution in [2.75, 3.05) is 6.61 Å². The van der Waals surface area contributed by atoms with Gasteiger partial charge in [-0.25, -0.2) is 4.39 Å². The van der Waals surface area contributed by atoms with Gasteiger partial charge in [-0.3, -0.25) is 4.98 Å². The summed E-state index contributed by atoms with van der Waals surface area (Å²) >= 11 is 6.39. The van der Waals surface area contributed by atoms with Crippen LogP contribution in [0.15, 0.2) is 43.1 Å². The minimum absolute atomic E-state index is 0.0538. The number of alkyl halides is 1. The summed E-state index contributed by atoms with van der Waals surface area (Å²) in [5, 5.41) is -0.735. The van der Waals surface area contributed by atoms with Gasteiger partial charge in [-0.15, -0.1) is 11.6 Å². The first-order chi connectivity index (χ1) is 10.1. The number of benzene rings is 1. The van der Waals surface area contributed by atoms with Crippen LogP contribution < -0.4 is 4.74 Å². The number of rotatable bonds is 5. The van der Waals surface area contributed by atoms with Crippen LogP contribution in [0.1, 0.15) is 22.2 Å². The van der Waals surface area contributed by atoms with Crippen molar-refractivity contribution in [3.8, 4) is 5.75 Å². The molecule has 2 aromatic rings. The predicted octanol–water partition coefficient (Wildman–Crippen LogP) is 4.56. The Hall–Kier alpha value is -1.94. The quantitative estimate of drug-likeness (QED) is 0.596. The highest BCUT2D eigenvalue weighted by Gasteiger charge is 2.23. The number of pyridine rings is 1. The van der Waals surface area contributed by atoms with Crippen molar-refractivity contribution < 1.29 is 13.5 Å². The summed E-state index contributed by atoms with van der Waals surface area (Å²) in [6.45, 7) is 5.39. The molecule has 0 amide bonds. The summed E-state index contributed by atoms with van der Waals surface area (Å²) in [6.07, 6.45) is 3.05. The van der Waals surface area contributed by atoms with E-state index in [2.05, 4.69) is 11.6 Å². The Kier molecular flexibility index (Phi) is 4.91. The van der Waals surface area contributed by atoms with E-state index in [1.54, 1.807) is 12.3 Å². The zero-order chi connectivity index (χ0) is 15.4. The lowest BCUT2D eigenvalue weighted by Crippen LogP contribution is -2.06. The van der Waals surface area contributed by atoms with E-state index in [1.807, 2.05) is 13.0 Å². The monoisotopic (exact) mass is 309 g/mol. The topological polar surface area (TPSA) is 22.1 Å². The van der Waals surface area contributed by atoms with E-state index in [-0.39, 0.29) is 12.4 Å². The number of ether oxygens (including phenoxy) is 1. The third-order valence-electron chi connectivity index (χ3n) is 2.99. The standard InChI is InChI=1S/C16H14ClF2NO/c1-3-9-21-16-11(6-7-12(18)14(16)19)13(17)15-10(2)5-4-8-20-15/h3-8,13H,1,9H2,2H3. The molecule has 0 fully saturated rings. The third kappa shape index (κ3) is 3.22. The van der Waals surface area contributed by atoms with Gasteiger partial charge in [0.05, 0.1) is 5.69 Å². The molecule has 21 heavy (non-hydrogen) atoms. The average Bonchev–Trinajstić information content (AvgIpc) is 2.48. The molecular formula is C16H14ClF2NO. The van der Waals surface area contributed by atoms with Crippen LogP contribution in [0.5, 0.6) is 5.75 Å². The number of aromatic nitrogens is 1. The molecule has 110 valence electrons. The van der Waals surface area contributed by atoms with Gasteiger partial charge in [0.1, 0.15) is 12.0 Å². The Balaban J connectivity index is 2.50. The second-order valence-electron chi connectivity index (χ2n) is 4.45. The van der Waals surface area contributed by atoms with Crippen LogP contribution in [0, 0.1) is 18.6 Å². The van der Waals surface area contributed by atoms with Crippen molar-refractivity contribution in [3.63, 3.8) is 0 Å². The largest absolute Gasteiger partial charge is 0.486 e. The van der Waals surface area contributed by atoms with Gasteiger partial charge in [0, 0.05) is 11.8 Å². The molecule has 0 saturated heterocycles. The second kappa shape index (κ2) is 6.68. The Bertz CT molecular complexity index is 661. The predicted molar refractivity (Wildman–Crippen MR) is 78.7 cm³/mol. The summed E-state index contributed by atoms with van der Waals surface area (Å²) in [5.74, 6) is -2.26. The molecule has 1 atom stereocenters. The first-order valence-corrected chi connectivity index (χ1v) is 6.77. The lowest BCUT2D eigenvalue weighted by atomic mass is 10.0. The highest BCUT2D eigenvalue weighted by Crippen LogP contribution is 2.37. The molecule has 0 aliphatic carbocycles. The minimum Gasteiger partial charge on any atom is -0.486 e. The molecule has 1 heterocycles. The molecule has 1 aromatic heterocycles. The zero-order valence-corrected chi connectivity index (χ0v) is 12.2. The molecule has 0 spiro atoms. The van der Waals surface area contributed by atoms with E-state index < -0.39 is 17.0 Å². The fraction of sp³-hybridized carbons (Fsp3) is 0.188. The van der Waals surface area contributed by atoms with Gasteiger partial charge in [0.2, 0.25) is 5.82 Å². The molecule has 1 aromatic carbocycles. The summed E-state index contributed by atoms with van der Waals surface area (Å²) in [4.78, 5) is 4.20. The first kappa shape index (κ1) is 15.4. The molecule has 1 unspecified atom stereocenters. The van der Waals surface area contributed by atoms with Crippen molar-refractivity contribution in [3.05, 3.63) is 71.6 Å². The lowest BCUT2D eigenvalue weighted by Gasteiger charge is -2.17. The molecule has 0 aliphatic rings. The smallest absolute Gasteiger partial charge is 0.200 e. The molecule has 5 heteroatoms. The van der Waals surface area contributed by atoms with Gasteiger partial charge in [-0.1, -0.05) is 24.8 Å². The van der Waals surface area contributed by atoms with Crippen molar-refractivity contribution in [2.45, 2.75) is 12.3 Å². The van der Waals surface area contributed by atoms with Crippen LogP contribution >= 0.6 is 11.6 Å². The van der Waals surface area contributed by atoms with Crippen LogP contribution in [0.2, 0.25) is 0 Å². The van der Waals surface area contributed by atoms with E-state index >= 15 is 0 Å². The molecule has 0 bridgehead atoms. The van der Waals surface area contributed by atoms with Gasteiger partial charge in [-0.2, -0.15) is 4.39 Å². The molecule has 0 N–H and O–H groups in total. The Labute approximate surface area is 127 Å². The van der Waals surface area contributed by atoms with Gasteiger partial charge in [-0.05, 0) is 24.6 Å². The van der Waals surface area contributed by atoms with Crippen LogP contribution in [0.3, 0.4) is 0 Å². The summed E-state index contributed by atoms with van der Waals surface area (Å²) in [5.41, 5.74) is 1.77. The number of halogens is 3. The average molecular weight is 310 g/mol. The number of aryl methyl sites for hydroxylation is 1. The molecule has 0 radical (unpaired) electrons. The molecule has 0 saturated carbocycles. The van der Waals surface area contributed by atoms with Crippen molar-refractivity contribution >= 4 is 11.6 Å². The Morgan fingerprint density at radius 1 is 1.38 bits per heavy atom. The third-order valence-corrected chi connectivity index (χ3v) is 3.43. The fourth-order valence-electron chi connectivity index (χ4n) is 1.95. The summed E-state index contributed by atoms with van der Waals surface area (Å²) < 4.78 is 32.6. The van der Waals surface area contributed by atoms with Crippen molar-refractivity contribution in [1.82, 2.24) is 4.98 Å². The van der Waals surface area contributed by atoms with Gasteiger partial charge < -0.3 is 4.74 Å². The van der Waals surface area contributed by atoms with E-state index in [4.69, 9.17) is 16.3 Å². The van der Waals surface area contributed by atoms with Crippen molar-refractivity contribution in [1.29, 1.82) is 0 Å². The maximum absolute atomic E-state index is 13.9. The summed E-state index contributed by atoms with van der Waals surface area (Å²) in [7, 11) is 0. The van der Waals surface area contributed by atoms with Crippen LogP contribution in [0.4, 0.5) is 8.78 Å². The number of hydrogen-bond acceptors (Lipinski definition) is 2. The molecular weight excluding hydrogens is 296 g/mol. The van der Waals surface area contributed by atoms with Gasteiger partial charge in [0.15, 0.2) is 11.6 Å². The highest BCUT2D eigenvalue weighted by molar-refractivity contribution is 6.22.